The predicted molar refractivity (Wildman–Crippen MR) is 53.4 cm³/mol. The summed E-state index contributed by atoms with van der Waals surface area (Å²) < 4.78 is 5.05. The fraction of sp³-hybridized carbons (Fsp3) is 0.200. The molecule has 1 aromatic carbocycles. The minimum absolute atomic E-state index is 0.362. The molecule has 0 fully saturated rings. The van der Waals surface area contributed by atoms with Crippen LogP contribution in [0, 0.1) is 6.92 Å². The van der Waals surface area contributed by atoms with Gasteiger partial charge in [-0.3, -0.25) is 4.84 Å². The molecule has 15 heavy (non-hydrogen) atoms. The normalized spacial score (nSPS) is 10.5. The van der Waals surface area contributed by atoms with Gasteiger partial charge in [-0.15, -0.1) is 0 Å². The fourth-order valence-corrected chi connectivity index (χ4v) is 1.30. The van der Waals surface area contributed by atoms with Crippen LogP contribution in [-0.4, -0.2) is 10.1 Å². The Bertz CT molecular complexity index is 453. The average molecular weight is 205 g/mol. The highest BCUT2D eigenvalue weighted by atomic mass is 16.6. The number of rotatable bonds is 3. The van der Waals surface area contributed by atoms with Gasteiger partial charge in [0.2, 0.25) is 0 Å². The summed E-state index contributed by atoms with van der Waals surface area (Å²) >= 11 is 0. The molecular weight excluding hydrogens is 194 g/mol. The lowest BCUT2D eigenvalue weighted by Crippen LogP contribution is -1.98. The van der Waals surface area contributed by atoms with Crippen LogP contribution in [0.25, 0.3) is 11.5 Å². The highest BCUT2D eigenvalue weighted by Gasteiger charge is 2.06. The summed E-state index contributed by atoms with van der Waals surface area (Å²) in [6.07, 6.45) is 0. The van der Waals surface area contributed by atoms with E-state index in [0.717, 1.165) is 11.1 Å². The van der Waals surface area contributed by atoms with Gasteiger partial charge >= 0.3 is 0 Å². The van der Waals surface area contributed by atoms with E-state index in [4.69, 9.17) is 10.4 Å². The molecule has 0 amide bonds. The molecule has 2 N–H and O–H groups in total. The van der Waals surface area contributed by atoms with Crippen molar-refractivity contribution < 1.29 is 9.36 Å². The Hall–Kier alpha value is -1.72. The molecule has 0 saturated heterocycles. The maximum atomic E-state index is 5.05. The van der Waals surface area contributed by atoms with Crippen LogP contribution in [0.2, 0.25) is 0 Å². The van der Waals surface area contributed by atoms with Gasteiger partial charge in [0, 0.05) is 5.56 Å². The van der Waals surface area contributed by atoms with E-state index in [1.165, 1.54) is 0 Å². The molecule has 1 heterocycles. The second-order valence-corrected chi connectivity index (χ2v) is 3.16. The first kappa shape index (κ1) is 9.82. The number of aryl methyl sites for hydroxylation is 1. The second kappa shape index (κ2) is 4.20. The third kappa shape index (κ3) is 2.20. The van der Waals surface area contributed by atoms with Crippen molar-refractivity contribution in [2.75, 3.05) is 0 Å². The summed E-state index contributed by atoms with van der Waals surface area (Å²) in [5.41, 5.74) is 1.83. The Morgan fingerprint density at radius 1 is 1.47 bits per heavy atom. The summed E-state index contributed by atoms with van der Waals surface area (Å²) in [4.78, 5) is 8.69. The second-order valence-electron chi connectivity index (χ2n) is 3.16. The zero-order valence-electron chi connectivity index (χ0n) is 8.30. The van der Waals surface area contributed by atoms with E-state index < -0.39 is 0 Å². The van der Waals surface area contributed by atoms with Crippen molar-refractivity contribution in [3.05, 3.63) is 35.7 Å². The van der Waals surface area contributed by atoms with Crippen molar-refractivity contribution in [2.24, 2.45) is 5.90 Å². The van der Waals surface area contributed by atoms with E-state index in [1.54, 1.807) is 6.92 Å². The van der Waals surface area contributed by atoms with Crippen LogP contribution in [0.1, 0.15) is 11.4 Å². The molecule has 0 bridgehead atoms. The largest absolute Gasteiger partial charge is 0.334 e. The Morgan fingerprint density at radius 3 is 3.00 bits per heavy atom. The first-order valence-corrected chi connectivity index (χ1v) is 4.51. The topological polar surface area (TPSA) is 74.2 Å². The van der Waals surface area contributed by atoms with Crippen molar-refractivity contribution in [3.8, 4) is 11.5 Å². The third-order valence-corrected chi connectivity index (χ3v) is 1.95. The Morgan fingerprint density at radius 2 is 2.33 bits per heavy atom. The molecule has 0 aliphatic rings. The molecule has 0 aliphatic heterocycles. The standard InChI is InChI=1S/C10H11N3O2/c1-7-12-10(15-13-7)9-4-2-3-8(5-9)6-14-11/h2-5H,6,11H2,1H3. The van der Waals surface area contributed by atoms with E-state index in [9.17, 15) is 0 Å². The minimum Gasteiger partial charge on any atom is -0.334 e. The first-order valence-electron chi connectivity index (χ1n) is 4.51. The van der Waals surface area contributed by atoms with Gasteiger partial charge in [-0.2, -0.15) is 4.98 Å². The zero-order chi connectivity index (χ0) is 10.7. The molecule has 5 heteroatoms. The molecule has 0 radical (unpaired) electrons. The first-order chi connectivity index (χ1) is 7.29. The molecule has 5 nitrogen and oxygen atoms in total. The van der Waals surface area contributed by atoms with Crippen molar-refractivity contribution in [2.45, 2.75) is 13.5 Å². The third-order valence-electron chi connectivity index (χ3n) is 1.95. The Balaban J connectivity index is 2.32. The lowest BCUT2D eigenvalue weighted by molar-refractivity contribution is 0.124. The van der Waals surface area contributed by atoms with Gasteiger partial charge in [0.25, 0.3) is 5.89 Å². The van der Waals surface area contributed by atoms with Crippen molar-refractivity contribution in [3.63, 3.8) is 0 Å². The van der Waals surface area contributed by atoms with E-state index in [1.807, 2.05) is 24.3 Å². The molecule has 2 aromatic rings. The zero-order valence-corrected chi connectivity index (χ0v) is 8.30. The summed E-state index contributed by atoms with van der Waals surface area (Å²) in [7, 11) is 0. The van der Waals surface area contributed by atoms with E-state index in [2.05, 4.69) is 15.0 Å². The molecule has 2 rings (SSSR count). The molecule has 0 unspecified atom stereocenters. The SMILES string of the molecule is Cc1noc(-c2cccc(CON)c2)n1. The van der Waals surface area contributed by atoms with Crippen molar-refractivity contribution in [1.82, 2.24) is 10.1 Å². The maximum absolute atomic E-state index is 5.05. The fourth-order valence-electron chi connectivity index (χ4n) is 1.30. The predicted octanol–water partition coefficient (Wildman–Crippen LogP) is 1.44. The number of nitrogens with zero attached hydrogens (tertiary/aromatic N) is 2. The van der Waals surface area contributed by atoms with Gasteiger partial charge in [0.1, 0.15) is 0 Å². The molecule has 1 aromatic heterocycles. The number of hydrogen-bond donors (Lipinski definition) is 1. The Kier molecular flexibility index (Phi) is 2.75. The van der Waals surface area contributed by atoms with E-state index >= 15 is 0 Å². The van der Waals surface area contributed by atoms with Gasteiger partial charge in [0.15, 0.2) is 5.82 Å². The number of nitrogens with two attached hydrogens (primary N) is 1. The quantitative estimate of drug-likeness (QED) is 0.767. The number of aromatic nitrogens is 2. The van der Waals surface area contributed by atoms with Crippen molar-refractivity contribution >= 4 is 0 Å². The van der Waals surface area contributed by atoms with Crippen molar-refractivity contribution in [1.29, 1.82) is 0 Å². The molecule has 78 valence electrons. The van der Waals surface area contributed by atoms with Gasteiger partial charge in [-0.25, -0.2) is 5.90 Å². The number of hydrogen-bond acceptors (Lipinski definition) is 5. The smallest absolute Gasteiger partial charge is 0.257 e. The lowest BCUT2D eigenvalue weighted by Gasteiger charge is -1.99. The van der Waals surface area contributed by atoms with Crippen LogP contribution >= 0.6 is 0 Å². The van der Waals surface area contributed by atoms with Crippen LogP contribution in [0.4, 0.5) is 0 Å². The van der Waals surface area contributed by atoms with Gasteiger partial charge < -0.3 is 4.52 Å². The highest BCUT2D eigenvalue weighted by Crippen LogP contribution is 2.18. The van der Waals surface area contributed by atoms with Crippen LogP contribution < -0.4 is 5.90 Å². The summed E-state index contributed by atoms with van der Waals surface area (Å²) in [5, 5.41) is 3.73. The lowest BCUT2D eigenvalue weighted by atomic mass is 10.1. The molecule has 0 saturated carbocycles. The average Bonchev–Trinajstić information content (AvgIpc) is 2.66. The monoisotopic (exact) mass is 205 g/mol. The molecular formula is C10H11N3O2. The molecule has 0 aliphatic carbocycles. The summed E-state index contributed by atoms with van der Waals surface area (Å²) in [6.45, 7) is 2.14. The minimum atomic E-state index is 0.362. The van der Waals surface area contributed by atoms with E-state index in [-0.39, 0.29) is 0 Å². The van der Waals surface area contributed by atoms with Gasteiger partial charge in [-0.05, 0) is 24.6 Å². The van der Waals surface area contributed by atoms with Gasteiger partial charge in [0.05, 0.1) is 6.61 Å². The Labute approximate surface area is 86.8 Å². The number of benzene rings is 1. The maximum Gasteiger partial charge on any atom is 0.257 e. The van der Waals surface area contributed by atoms with Crippen LogP contribution in [0.3, 0.4) is 0 Å². The van der Waals surface area contributed by atoms with Crippen LogP contribution in [-0.2, 0) is 11.4 Å². The highest BCUT2D eigenvalue weighted by molar-refractivity contribution is 5.53. The van der Waals surface area contributed by atoms with Crippen LogP contribution in [0.5, 0.6) is 0 Å². The molecule has 0 spiro atoms. The van der Waals surface area contributed by atoms with E-state index in [0.29, 0.717) is 18.3 Å². The molecule has 0 atom stereocenters. The van der Waals surface area contributed by atoms with Gasteiger partial charge in [-0.1, -0.05) is 17.3 Å². The summed E-state index contributed by atoms with van der Waals surface area (Å²) in [6, 6.07) is 7.61. The summed E-state index contributed by atoms with van der Waals surface area (Å²) in [5.74, 6) is 6.12. The van der Waals surface area contributed by atoms with Crippen LogP contribution in [0.15, 0.2) is 28.8 Å².